The van der Waals surface area contributed by atoms with Gasteiger partial charge in [-0.25, -0.2) is 9.59 Å². The standard InChI is InChI=1S/C29H18O5/c30-18-25-23-15-7-5-12-21(23)17-26(27(25)34-28(31)20-10-2-1-3-11-20)33-29(32)24-16-8-13-19-9-4-6-14-22(19)24/h1-18H. The molecule has 0 unspecified atom stereocenters. The SMILES string of the molecule is O=Cc1c(OC(=O)c2ccccc2)c(OC(=O)c2cccc3ccccc23)cc2ccccc12. The van der Waals surface area contributed by atoms with E-state index in [1.807, 2.05) is 36.4 Å². The molecule has 0 saturated carbocycles. The molecule has 0 radical (unpaired) electrons. The number of rotatable bonds is 5. The van der Waals surface area contributed by atoms with Crippen molar-refractivity contribution in [3.8, 4) is 11.5 Å². The van der Waals surface area contributed by atoms with Crippen molar-refractivity contribution in [1.29, 1.82) is 0 Å². The van der Waals surface area contributed by atoms with E-state index in [0.717, 1.165) is 10.8 Å². The van der Waals surface area contributed by atoms with E-state index in [4.69, 9.17) is 9.47 Å². The number of aldehydes is 1. The summed E-state index contributed by atoms with van der Waals surface area (Å²) in [6.45, 7) is 0. The lowest BCUT2D eigenvalue weighted by Gasteiger charge is -2.15. The van der Waals surface area contributed by atoms with Crippen molar-refractivity contribution in [3.63, 3.8) is 0 Å². The summed E-state index contributed by atoms with van der Waals surface area (Å²) in [6, 6.07) is 29.9. The number of benzene rings is 5. The van der Waals surface area contributed by atoms with Crippen LogP contribution in [0.4, 0.5) is 0 Å². The smallest absolute Gasteiger partial charge is 0.344 e. The Bertz CT molecular complexity index is 1550. The van der Waals surface area contributed by atoms with Gasteiger partial charge in [-0.15, -0.1) is 0 Å². The van der Waals surface area contributed by atoms with Gasteiger partial charge in [-0.05, 0) is 45.8 Å². The number of hydrogen-bond donors (Lipinski definition) is 0. The lowest BCUT2D eigenvalue weighted by Crippen LogP contribution is -2.14. The van der Waals surface area contributed by atoms with Crippen LogP contribution in [-0.2, 0) is 0 Å². The van der Waals surface area contributed by atoms with Gasteiger partial charge in [-0.2, -0.15) is 0 Å². The third-order valence-electron chi connectivity index (χ3n) is 5.54. The zero-order valence-electron chi connectivity index (χ0n) is 17.9. The fraction of sp³-hybridized carbons (Fsp3) is 0. The van der Waals surface area contributed by atoms with E-state index >= 15 is 0 Å². The molecular weight excluding hydrogens is 428 g/mol. The molecule has 0 aliphatic heterocycles. The first-order valence-electron chi connectivity index (χ1n) is 10.6. The van der Waals surface area contributed by atoms with Gasteiger partial charge in [-0.3, -0.25) is 4.79 Å². The topological polar surface area (TPSA) is 69.7 Å². The van der Waals surface area contributed by atoms with Crippen LogP contribution in [0, 0.1) is 0 Å². The minimum Gasteiger partial charge on any atom is -0.419 e. The van der Waals surface area contributed by atoms with Crippen molar-refractivity contribution < 1.29 is 23.9 Å². The molecule has 0 aliphatic carbocycles. The average molecular weight is 446 g/mol. The maximum Gasteiger partial charge on any atom is 0.344 e. The molecule has 0 saturated heterocycles. The highest BCUT2D eigenvalue weighted by molar-refractivity contribution is 6.07. The van der Waals surface area contributed by atoms with Crippen LogP contribution in [0.1, 0.15) is 31.1 Å². The van der Waals surface area contributed by atoms with Gasteiger partial charge in [0.15, 0.2) is 17.8 Å². The van der Waals surface area contributed by atoms with Gasteiger partial charge in [0.2, 0.25) is 0 Å². The van der Waals surface area contributed by atoms with Crippen LogP contribution >= 0.6 is 0 Å². The van der Waals surface area contributed by atoms with E-state index in [1.165, 1.54) is 0 Å². The summed E-state index contributed by atoms with van der Waals surface area (Å²) in [5.41, 5.74) is 0.793. The second kappa shape index (κ2) is 9.00. The molecule has 5 rings (SSSR count). The Hall–Kier alpha value is -4.77. The maximum absolute atomic E-state index is 13.2. The number of esters is 2. The predicted octanol–water partition coefficient (Wildman–Crippen LogP) is 6.24. The Balaban J connectivity index is 1.62. The van der Waals surface area contributed by atoms with Crippen molar-refractivity contribution in [1.82, 2.24) is 0 Å². The molecule has 5 heteroatoms. The Morgan fingerprint density at radius 3 is 2.03 bits per heavy atom. The van der Waals surface area contributed by atoms with E-state index < -0.39 is 11.9 Å². The molecule has 0 fully saturated rings. The molecule has 0 aromatic heterocycles. The quantitative estimate of drug-likeness (QED) is 0.181. The van der Waals surface area contributed by atoms with Crippen molar-refractivity contribution >= 4 is 39.8 Å². The fourth-order valence-corrected chi connectivity index (χ4v) is 3.91. The molecular formula is C29H18O5. The van der Waals surface area contributed by atoms with Crippen LogP contribution < -0.4 is 9.47 Å². The second-order valence-electron chi connectivity index (χ2n) is 7.63. The van der Waals surface area contributed by atoms with Crippen LogP contribution in [0.3, 0.4) is 0 Å². The Morgan fingerprint density at radius 1 is 0.618 bits per heavy atom. The number of carbonyl (C=O) groups excluding carboxylic acids is 3. The van der Waals surface area contributed by atoms with Gasteiger partial charge < -0.3 is 9.47 Å². The molecule has 0 spiro atoms. The first kappa shape index (κ1) is 21.1. The molecule has 5 aromatic rings. The average Bonchev–Trinajstić information content (AvgIpc) is 2.89. The van der Waals surface area contributed by atoms with Crippen LogP contribution in [0.25, 0.3) is 21.5 Å². The summed E-state index contributed by atoms with van der Waals surface area (Å²) in [4.78, 5) is 38.2. The molecule has 5 aromatic carbocycles. The Kier molecular flexibility index (Phi) is 5.58. The van der Waals surface area contributed by atoms with E-state index in [0.29, 0.717) is 28.2 Å². The molecule has 5 nitrogen and oxygen atoms in total. The van der Waals surface area contributed by atoms with Gasteiger partial charge in [-0.1, -0.05) is 78.9 Å². The van der Waals surface area contributed by atoms with Crippen molar-refractivity contribution in [2.45, 2.75) is 0 Å². The summed E-state index contributed by atoms with van der Waals surface area (Å²) >= 11 is 0. The number of fused-ring (bicyclic) bond motifs is 2. The summed E-state index contributed by atoms with van der Waals surface area (Å²) in [7, 11) is 0. The van der Waals surface area contributed by atoms with Crippen LogP contribution in [0.15, 0.2) is 103 Å². The molecule has 0 aliphatic rings. The van der Waals surface area contributed by atoms with Crippen molar-refractivity contribution in [2.75, 3.05) is 0 Å². The van der Waals surface area contributed by atoms with E-state index in [2.05, 4.69) is 0 Å². The highest BCUT2D eigenvalue weighted by atomic mass is 16.6. The lowest BCUT2D eigenvalue weighted by atomic mass is 10.0. The molecule has 0 N–H and O–H groups in total. The zero-order valence-corrected chi connectivity index (χ0v) is 17.9. The molecule has 164 valence electrons. The third kappa shape index (κ3) is 3.91. The van der Waals surface area contributed by atoms with Crippen molar-refractivity contribution in [3.05, 3.63) is 120 Å². The second-order valence-corrected chi connectivity index (χ2v) is 7.63. The van der Waals surface area contributed by atoms with E-state index in [9.17, 15) is 14.4 Å². The van der Waals surface area contributed by atoms with E-state index in [-0.39, 0.29) is 17.1 Å². The molecule has 0 bridgehead atoms. The number of carbonyl (C=O) groups is 3. The van der Waals surface area contributed by atoms with Crippen LogP contribution in [-0.4, -0.2) is 18.2 Å². The van der Waals surface area contributed by atoms with Gasteiger partial charge >= 0.3 is 11.9 Å². The predicted molar refractivity (Wildman–Crippen MR) is 130 cm³/mol. The minimum absolute atomic E-state index is 0.0111. The summed E-state index contributed by atoms with van der Waals surface area (Å²) in [5, 5.41) is 2.87. The van der Waals surface area contributed by atoms with Gasteiger partial charge in [0.05, 0.1) is 16.7 Å². The Morgan fingerprint density at radius 2 is 1.26 bits per heavy atom. The summed E-state index contributed by atoms with van der Waals surface area (Å²) in [6.07, 6.45) is 0.602. The molecule has 0 heterocycles. The number of hydrogen-bond acceptors (Lipinski definition) is 5. The van der Waals surface area contributed by atoms with Gasteiger partial charge in [0, 0.05) is 0 Å². The Labute approximate surface area is 195 Å². The molecule has 0 atom stereocenters. The monoisotopic (exact) mass is 446 g/mol. The summed E-state index contributed by atoms with van der Waals surface area (Å²) in [5.74, 6) is -1.40. The number of ether oxygens (including phenoxy) is 2. The minimum atomic E-state index is -0.665. The first-order valence-corrected chi connectivity index (χ1v) is 10.6. The van der Waals surface area contributed by atoms with Crippen LogP contribution in [0.5, 0.6) is 11.5 Å². The first-order chi connectivity index (χ1) is 16.7. The van der Waals surface area contributed by atoms with Gasteiger partial charge in [0.25, 0.3) is 0 Å². The normalized spacial score (nSPS) is 10.7. The van der Waals surface area contributed by atoms with Gasteiger partial charge in [0.1, 0.15) is 0 Å². The van der Waals surface area contributed by atoms with Crippen LogP contribution in [0.2, 0.25) is 0 Å². The largest absolute Gasteiger partial charge is 0.419 e. The van der Waals surface area contributed by atoms with E-state index in [1.54, 1.807) is 66.7 Å². The lowest BCUT2D eigenvalue weighted by molar-refractivity contribution is 0.0682. The molecule has 0 amide bonds. The summed E-state index contributed by atoms with van der Waals surface area (Å²) < 4.78 is 11.4. The highest BCUT2D eigenvalue weighted by Crippen LogP contribution is 2.38. The van der Waals surface area contributed by atoms with Crippen molar-refractivity contribution in [2.24, 2.45) is 0 Å². The third-order valence-corrected chi connectivity index (χ3v) is 5.54. The fourth-order valence-electron chi connectivity index (χ4n) is 3.91. The molecule has 34 heavy (non-hydrogen) atoms. The zero-order chi connectivity index (χ0) is 23.5. The maximum atomic E-state index is 13.2. The highest BCUT2D eigenvalue weighted by Gasteiger charge is 2.23.